The zero-order chi connectivity index (χ0) is 13.5. The summed E-state index contributed by atoms with van der Waals surface area (Å²) >= 11 is 0. The van der Waals surface area contributed by atoms with Gasteiger partial charge >= 0.3 is 0 Å². The quantitative estimate of drug-likeness (QED) is 0.759. The summed E-state index contributed by atoms with van der Waals surface area (Å²) in [6, 6.07) is 18.3. The van der Waals surface area contributed by atoms with Gasteiger partial charge in [-0.3, -0.25) is 4.79 Å². The number of rotatable bonds is 6. The third-order valence-corrected chi connectivity index (χ3v) is 3.21. The van der Waals surface area contributed by atoms with E-state index in [0.717, 1.165) is 24.0 Å². The summed E-state index contributed by atoms with van der Waals surface area (Å²) < 4.78 is 0. The SMILES string of the molecule is CCCc1ccc(CC(=O)Cc2ccccc2)cc1. The van der Waals surface area contributed by atoms with Crippen molar-refractivity contribution in [3.63, 3.8) is 0 Å². The molecule has 0 atom stereocenters. The molecule has 98 valence electrons. The summed E-state index contributed by atoms with van der Waals surface area (Å²) in [6.45, 7) is 2.18. The van der Waals surface area contributed by atoms with Gasteiger partial charge in [0.25, 0.3) is 0 Å². The molecule has 2 rings (SSSR count). The van der Waals surface area contributed by atoms with E-state index in [1.165, 1.54) is 5.56 Å². The van der Waals surface area contributed by atoms with Crippen LogP contribution in [0.4, 0.5) is 0 Å². The number of carbonyl (C=O) groups is 1. The van der Waals surface area contributed by atoms with Crippen LogP contribution >= 0.6 is 0 Å². The number of hydrogen-bond acceptors (Lipinski definition) is 1. The van der Waals surface area contributed by atoms with Gasteiger partial charge in [0.2, 0.25) is 0 Å². The van der Waals surface area contributed by atoms with E-state index in [9.17, 15) is 4.79 Å². The van der Waals surface area contributed by atoms with Gasteiger partial charge in [0.15, 0.2) is 0 Å². The third-order valence-electron chi connectivity index (χ3n) is 3.21. The number of ketones is 1. The molecule has 0 bridgehead atoms. The second kappa shape index (κ2) is 6.89. The second-order valence-corrected chi connectivity index (χ2v) is 4.94. The first kappa shape index (κ1) is 13.5. The Bertz CT molecular complexity index is 511. The lowest BCUT2D eigenvalue weighted by atomic mass is 10.0. The first-order valence-electron chi connectivity index (χ1n) is 6.91. The number of Topliss-reactive ketones (excluding diaryl/α,β-unsaturated/α-hetero) is 1. The number of benzene rings is 2. The Morgan fingerprint density at radius 3 is 1.89 bits per heavy atom. The van der Waals surface area contributed by atoms with Crippen molar-refractivity contribution in [2.24, 2.45) is 0 Å². The standard InChI is InChI=1S/C18H20O/c1-2-6-15-9-11-17(12-10-15)14-18(19)13-16-7-4-3-5-8-16/h3-5,7-12H,2,6,13-14H2,1H3. The van der Waals surface area contributed by atoms with E-state index >= 15 is 0 Å². The Kier molecular flexibility index (Phi) is 4.91. The molecule has 0 saturated heterocycles. The Hall–Kier alpha value is -1.89. The lowest BCUT2D eigenvalue weighted by molar-refractivity contribution is -0.117. The summed E-state index contributed by atoms with van der Waals surface area (Å²) in [5, 5.41) is 0. The molecule has 0 unspecified atom stereocenters. The van der Waals surface area contributed by atoms with Crippen molar-refractivity contribution in [3.8, 4) is 0 Å². The minimum Gasteiger partial charge on any atom is -0.299 e. The van der Waals surface area contributed by atoms with Gasteiger partial charge in [-0.15, -0.1) is 0 Å². The Balaban J connectivity index is 1.91. The fraction of sp³-hybridized carbons (Fsp3) is 0.278. The highest BCUT2D eigenvalue weighted by Crippen LogP contribution is 2.09. The molecular formula is C18H20O. The van der Waals surface area contributed by atoms with Gasteiger partial charge in [-0.2, -0.15) is 0 Å². The largest absolute Gasteiger partial charge is 0.299 e. The van der Waals surface area contributed by atoms with Crippen LogP contribution in [0.15, 0.2) is 54.6 Å². The minimum atomic E-state index is 0.273. The summed E-state index contributed by atoms with van der Waals surface area (Å²) in [7, 11) is 0. The maximum Gasteiger partial charge on any atom is 0.141 e. The molecule has 0 amide bonds. The van der Waals surface area contributed by atoms with E-state index in [2.05, 4.69) is 31.2 Å². The fourth-order valence-electron chi connectivity index (χ4n) is 2.23. The van der Waals surface area contributed by atoms with E-state index in [-0.39, 0.29) is 5.78 Å². The topological polar surface area (TPSA) is 17.1 Å². The molecule has 0 radical (unpaired) electrons. The Labute approximate surface area is 115 Å². The van der Waals surface area contributed by atoms with E-state index < -0.39 is 0 Å². The van der Waals surface area contributed by atoms with Crippen molar-refractivity contribution in [1.82, 2.24) is 0 Å². The van der Waals surface area contributed by atoms with Gasteiger partial charge in [0.1, 0.15) is 5.78 Å². The molecule has 0 N–H and O–H groups in total. The molecule has 1 heteroatoms. The molecule has 19 heavy (non-hydrogen) atoms. The molecule has 0 aliphatic rings. The van der Waals surface area contributed by atoms with Gasteiger partial charge < -0.3 is 0 Å². The van der Waals surface area contributed by atoms with Crippen molar-refractivity contribution in [2.45, 2.75) is 32.6 Å². The van der Waals surface area contributed by atoms with Crippen molar-refractivity contribution in [3.05, 3.63) is 71.3 Å². The highest BCUT2D eigenvalue weighted by molar-refractivity contribution is 5.83. The van der Waals surface area contributed by atoms with Crippen molar-refractivity contribution in [1.29, 1.82) is 0 Å². The average molecular weight is 252 g/mol. The predicted octanol–water partition coefficient (Wildman–Crippen LogP) is 3.99. The maximum atomic E-state index is 12.0. The molecular weight excluding hydrogens is 232 g/mol. The molecule has 0 heterocycles. The van der Waals surface area contributed by atoms with Crippen LogP contribution in [-0.2, 0) is 24.1 Å². The van der Waals surface area contributed by atoms with Crippen molar-refractivity contribution < 1.29 is 4.79 Å². The fourth-order valence-corrected chi connectivity index (χ4v) is 2.23. The molecule has 2 aromatic carbocycles. The van der Waals surface area contributed by atoms with E-state index in [0.29, 0.717) is 12.8 Å². The van der Waals surface area contributed by atoms with E-state index in [4.69, 9.17) is 0 Å². The third kappa shape index (κ3) is 4.36. The van der Waals surface area contributed by atoms with Gasteiger partial charge in [0.05, 0.1) is 0 Å². The number of carbonyl (C=O) groups excluding carboxylic acids is 1. The van der Waals surface area contributed by atoms with Gasteiger partial charge in [0, 0.05) is 12.8 Å². The summed E-state index contributed by atoms with van der Waals surface area (Å²) in [4.78, 5) is 12.0. The molecule has 0 saturated carbocycles. The zero-order valence-electron chi connectivity index (χ0n) is 11.4. The van der Waals surface area contributed by atoms with Crippen LogP contribution in [0.2, 0.25) is 0 Å². The van der Waals surface area contributed by atoms with Gasteiger partial charge in [-0.25, -0.2) is 0 Å². The summed E-state index contributed by atoms with van der Waals surface area (Å²) in [5.74, 6) is 0.273. The molecule has 0 spiro atoms. The summed E-state index contributed by atoms with van der Waals surface area (Å²) in [6.07, 6.45) is 3.32. The molecule has 2 aromatic rings. The number of aryl methyl sites for hydroxylation is 1. The molecule has 1 nitrogen and oxygen atoms in total. The highest BCUT2D eigenvalue weighted by atomic mass is 16.1. The lowest BCUT2D eigenvalue weighted by Gasteiger charge is -2.04. The highest BCUT2D eigenvalue weighted by Gasteiger charge is 2.05. The van der Waals surface area contributed by atoms with Crippen LogP contribution in [0.3, 0.4) is 0 Å². The first-order chi connectivity index (χ1) is 9.28. The van der Waals surface area contributed by atoms with Crippen LogP contribution in [0.5, 0.6) is 0 Å². The Morgan fingerprint density at radius 1 is 0.789 bits per heavy atom. The Morgan fingerprint density at radius 2 is 1.32 bits per heavy atom. The van der Waals surface area contributed by atoms with Crippen LogP contribution in [0, 0.1) is 0 Å². The van der Waals surface area contributed by atoms with Gasteiger partial charge in [-0.1, -0.05) is 67.9 Å². The van der Waals surface area contributed by atoms with Crippen molar-refractivity contribution >= 4 is 5.78 Å². The maximum absolute atomic E-state index is 12.0. The van der Waals surface area contributed by atoms with Gasteiger partial charge in [-0.05, 0) is 23.1 Å². The average Bonchev–Trinajstić information content (AvgIpc) is 2.42. The molecule has 0 aliphatic carbocycles. The lowest BCUT2D eigenvalue weighted by Crippen LogP contribution is -2.06. The first-order valence-corrected chi connectivity index (χ1v) is 6.91. The molecule has 0 aliphatic heterocycles. The monoisotopic (exact) mass is 252 g/mol. The van der Waals surface area contributed by atoms with Crippen LogP contribution in [0.25, 0.3) is 0 Å². The van der Waals surface area contributed by atoms with Crippen molar-refractivity contribution in [2.75, 3.05) is 0 Å². The molecule has 0 aromatic heterocycles. The normalized spacial score (nSPS) is 10.4. The smallest absolute Gasteiger partial charge is 0.141 e. The second-order valence-electron chi connectivity index (χ2n) is 4.94. The van der Waals surface area contributed by atoms with Crippen LogP contribution in [0.1, 0.15) is 30.0 Å². The van der Waals surface area contributed by atoms with Crippen LogP contribution < -0.4 is 0 Å². The van der Waals surface area contributed by atoms with E-state index in [1.54, 1.807) is 0 Å². The zero-order valence-corrected chi connectivity index (χ0v) is 11.4. The van der Waals surface area contributed by atoms with E-state index in [1.807, 2.05) is 30.3 Å². The predicted molar refractivity (Wildman–Crippen MR) is 79.3 cm³/mol. The van der Waals surface area contributed by atoms with Crippen LogP contribution in [-0.4, -0.2) is 5.78 Å². The number of hydrogen-bond donors (Lipinski definition) is 0. The summed E-state index contributed by atoms with van der Waals surface area (Å²) in [5.41, 5.74) is 3.55. The minimum absolute atomic E-state index is 0.273. The molecule has 0 fully saturated rings.